The molecule has 0 fully saturated rings. The number of thiophene rings is 1. The van der Waals surface area contributed by atoms with Crippen molar-refractivity contribution in [1.29, 1.82) is 0 Å². The van der Waals surface area contributed by atoms with Crippen LogP contribution in [0.5, 0.6) is 0 Å². The highest BCUT2D eigenvalue weighted by Crippen LogP contribution is 2.09. The smallest absolute Gasteiger partial charge is 0.00578 e. The fourth-order valence-corrected chi connectivity index (χ4v) is 2.26. The molecule has 14 heavy (non-hydrogen) atoms. The highest BCUT2D eigenvalue weighted by Gasteiger charge is 2.01. The largest absolute Gasteiger partial charge is 0.316 e. The molecule has 0 aromatic carbocycles. The second-order valence-electron chi connectivity index (χ2n) is 3.72. The standard InChI is InChI=1S/C12H21NS/c1-3-11(4-2)10-13-8-7-12-6-5-9-14-12/h5-6,9,11,13H,3-4,7-8,10H2,1-2H3. The summed E-state index contributed by atoms with van der Waals surface area (Å²) >= 11 is 1.85. The van der Waals surface area contributed by atoms with Crippen molar-refractivity contribution in [3.8, 4) is 0 Å². The monoisotopic (exact) mass is 211 g/mol. The van der Waals surface area contributed by atoms with Crippen LogP contribution in [-0.4, -0.2) is 13.1 Å². The van der Waals surface area contributed by atoms with Crippen molar-refractivity contribution >= 4 is 11.3 Å². The zero-order valence-corrected chi connectivity index (χ0v) is 10.1. The second-order valence-corrected chi connectivity index (χ2v) is 4.75. The lowest BCUT2D eigenvalue weighted by Gasteiger charge is -2.12. The van der Waals surface area contributed by atoms with E-state index in [0.29, 0.717) is 0 Å². The zero-order chi connectivity index (χ0) is 10.2. The van der Waals surface area contributed by atoms with E-state index >= 15 is 0 Å². The van der Waals surface area contributed by atoms with Gasteiger partial charge in [0.1, 0.15) is 0 Å². The fourth-order valence-electron chi connectivity index (χ4n) is 1.55. The maximum absolute atomic E-state index is 3.53. The first-order valence-electron chi connectivity index (χ1n) is 5.59. The molecule has 0 amide bonds. The van der Waals surface area contributed by atoms with Gasteiger partial charge in [-0.25, -0.2) is 0 Å². The lowest BCUT2D eigenvalue weighted by atomic mass is 10.0. The molecule has 1 nitrogen and oxygen atoms in total. The molecule has 0 saturated carbocycles. The van der Waals surface area contributed by atoms with E-state index in [4.69, 9.17) is 0 Å². The van der Waals surface area contributed by atoms with Crippen LogP contribution in [0, 0.1) is 5.92 Å². The molecular weight excluding hydrogens is 190 g/mol. The van der Waals surface area contributed by atoms with E-state index in [1.807, 2.05) is 11.3 Å². The molecule has 1 heterocycles. The summed E-state index contributed by atoms with van der Waals surface area (Å²) in [6.07, 6.45) is 3.77. The minimum atomic E-state index is 0.860. The van der Waals surface area contributed by atoms with Crippen molar-refractivity contribution in [3.05, 3.63) is 22.4 Å². The Morgan fingerprint density at radius 2 is 2.14 bits per heavy atom. The third-order valence-corrected chi connectivity index (χ3v) is 3.65. The molecule has 80 valence electrons. The Morgan fingerprint density at radius 3 is 2.71 bits per heavy atom. The number of nitrogens with one attached hydrogen (secondary N) is 1. The molecule has 1 rings (SSSR count). The molecule has 1 N–H and O–H groups in total. The van der Waals surface area contributed by atoms with Crippen molar-refractivity contribution in [2.24, 2.45) is 5.92 Å². The molecule has 0 aliphatic heterocycles. The van der Waals surface area contributed by atoms with Crippen LogP contribution in [0.3, 0.4) is 0 Å². The van der Waals surface area contributed by atoms with Gasteiger partial charge in [-0.2, -0.15) is 0 Å². The Bertz CT molecular complexity index is 214. The third-order valence-electron chi connectivity index (χ3n) is 2.72. The van der Waals surface area contributed by atoms with Gasteiger partial charge < -0.3 is 5.32 Å². The van der Waals surface area contributed by atoms with Gasteiger partial charge in [-0.05, 0) is 36.9 Å². The van der Waals surface area contributed by atoms with E-state index in [0.717, 1.165) is 12.5 Å². The number of hydrogen-bond acceptors (Lipinski definition) is 2. The van der Waals surface area contributed by atoms with Gasteiger partial charge in [0.2, 0.25) is 0 Å². The lowest BCUT2D eigenvalue weighted by Crippen LogP contribution is -2.24. The van der Waals surface area contributed by atoms with E-state index in [1.165, 1.54) is 30.7 Å². The van der Waals surface area contributed by atoms with Gasteiger partial charge in [-0.15, -0.1) is 11.3 Å². The molecule has 2 heteroatoms. The topological polar surface area (TPSA) is 12.0 Å². The number of rotatable bonds is 7. The predicted molar refractivity (Wildman–Crippen MR) is 65.0 cm³/mol. The van der Waals surface area contributed by atoms with Crippen molar-refractivity contribution in [3.63, 3.8) is 0 Å². The molecule has 1 aromatic heterocycles. The normalized spacial score (nSPS) is 11.1. The van der Waals surface area contributed by atoms with E-state index in [2.05, 4.69) is 36.7 Å². The molecule has 0 atom stereocenters. The highest BCUT2D eigenvalue weighted by molar-refractivity contribution is 7.09. The van der Waals surface area contributed by atoms with Gasteiger partial charge >= 0.3 is 0 Å². The SMILES string of the molecule is CCC(CC)CNCCc1cccs1. The molecular formula is C12H21NS. The Kier molecular flexibility index (Phi) is 5.88. The first-order chi connectivity index (χ1) is 6.86. The molecule has 0 spiro atoms. The summed E-state index contributed by atoms with van der Waals surface area (Å²) in [7, 11) is 0. The summed E-state index contributed by atoms with van der Waals surface area (Å²) in [6, 6.07) is 4.34. The third kappa shape index (κ3) is 4.25. The van der Waals surface area contributed by atoms with Crippen LogP contribution in [0.1, 0.15) is 31.6 Å². The number of hydrogen-bond donors (Lipinski definition) is 1. The molecule has 1 aromatic rings. The molecule has 0 bridgehead atoms. The van der Waals surface area contributed by atoms with Gasteiger partial charge in [0.05, 0.1) is 0 Å². The lowest BCUT2D eigenvalue weighted by molar-refractivity contribution is 0.452. The minimum absolute atomic E-state index is 0.860. The molecule has 0 unspecified atom stereocenters. The first-order valence-corrected chi connectivity index (χ1v) is 6.47. The zero-order valence-electron chi connectivity index (χ0n) is 9.25. The Morgan fingerprint density at radius 1 is 1.36 bits per heavy atom. The van der Waals surface area contributed by atoms with Gasteiger partial charge in [0.15, 0.2) is 0 Å². The Balaban J connectivity index is 2.04. The second kappa shape index (κ2) is 7.02. The average molecular weight is 211 g/mol. The molecule has 0 radical (unpaired) electrons. The van der Waals surface area contributed by atoms with Crippen LogP contribution in [0.25, 0.3) is 0 Å². The van der Waals surface area contributed by atoms with Crippen molar-refractivity contribution in [1.82, 2.24) is 5.32 Å². The van der Waals surface area contributed by atoms with Crippen LogP contribution in [0.4, 0.5) is 0 Å². The Labute approximate surface area is 91.5 Å². The Hall–Kier alpha value is -0.340. The summed E-state index contributed by atoms with van der Waals surface area (Å²) < 4.78 is 0. The van der Waals surface area contributed by atoms with E-state index in [9.17, 15) is 0 Å². The summed E-state index contributed by atoms with van der Waals surface area (Å²) in [5.74, 6) is 0.860. The molecule has 0 aliphatic rings. The van der Waals surface area contributed by atoms with Crippen molar-refractivity contribution < 1.29 is 0 Å². The summed E-state index contributed by atoms with van der Waals surface area (Å²) in [4.78, 5) is 1.49. The van der Waals surface area contributed by atoms with Crippen LogP contribution in [0.15, 0.2) is 17.5 Å². The first kappa shape index (κ1) is 11.7. The van der Waals surface area contributed by atoms with Gasteiger partial charge in [-0.1, -0.05) is 32.8 Å². The van der Waals surface area contributed by atoms with Crippen LogP contribution in [-0.2, 0) is 6.42 Å². The van der Waals surface area contributed by atoms with Crippen LogP contribution in [0.2, 0.25) is 0 Å². The van der Waals surface area contributed by atoms with E-state index < -0.39 is 0 Å². The van der Waals surface area contributed by atoms with Crippen LogP contribution >= 0.6 is 11.3 Å². The summed E-state index contributed by atoms with van der Waals surface area (Å²) in [5, 5.41) is 5.68. The molecule has 0 aliphatic carbocycles. The van der Waals surface area contributed by atoms with Crippen molar-refractivity contribution in [2.45, 2.75) is 33.1 Å². The highest BCUT2D eigenvalue weighted by atomic mass is 32.1. The van der Waals surface area contributed by atoms with Crippen molar-refractivity contribution in [2.75, 3.05) is 13.1 Å². The minimum Gasteiger partial charge on any atom is -0.316 e. The maximum Gasteiger partial charge on any atom is 0.00578 e. The van der Waals surface area contributed by atoms with E-state index in [1.54, 1.807) is 0 Å². The van der Waals surface area contributed by atoms with E-state index in [-0.39, 0.29) is 0 Å². The predicted octanol–water partition coefficient (Wildman–Crippen LogP) is 3.32. The maximum atomic E-state index is 3.53. The average Bonchev–Trinajstić information content (AvgIpc) is 2.71. The summed E-state index contributed by atoms with van der Waals surface area (Å²) in [6.45, 7) is 6.85. The van der Waals surface area contributed by atoms with Gasteiger partial charge in [0, 0.05) is 4.88 Å². The fraction of sp³-hybridized carbons (Fsp3) is 0.667. The quantitative estimate of drug-likeness (QED) is 0.682. The van der Waals surface area contributed by atoms with Crippen LogP contribution < -0.4 is 5.32 Å². The van der Waals surface area contributed by atoms with Gasteiger partial charge in [0.25, 0.3) is 0 Å². The van der Waals surface area contributed by atoms with Gasteiger partial charge in [-0.3, -0.25) is 0 Å². The molecule has 0 saturated heterocycles. The summed E-state index contributed by atoms with van der Waals surface area (Å²) in [5.41, 5.74) is 0.